The molecule has 2 aromatic rings. The highest BCUT2D eigenvalue weighted by atomic mass is 16.1. The Balaban J connectivity index is 1.61. The maximum atomic E-state index is 12.2. The minimum absolute atomic E-state index is 0.118. The Morgan fingerprint density at radius 1 is 1.33 bits per heavy atom. The minimum Gasteiger partial charge on any atom is -0.312 e. The predicted octanol–water partition coefficient (Wildman–Crippen LogP) is 0.693. The molecule has 114 valence electrons. The number of aromatic nitrogens is 5. The third kappa shape index (κ3) is 2.97. The van der Waals surface area contributed by atoms with Crippen molar-refractivity contribution in [2.75, 3.05) is 6.54 Å². The van der Waals surface area contributed by atoms with E-state index in [4.69, 9.17) is 0 Å². The van der Waals surface area contributed by atoms with Gasteiger partial charge in [-0.3, -0.25) is 4.79 Å². The van der Waals surface area contributed by atoms with E-state index in [0.29, 0.717) is 23.6 Å². The first kappa shape index (κ1) is 14.2. The molecule has 0 atom stereocenters. The summed E-state index contributed by atoms with van der Waals surface area (Å²) in [6.07, 6.45) is 6.59. The second-order valence-electron chi connectivity index (χ2n) is 6.03. The van der Waals surface area contributed by atoms with Crippen molar-refractivity contribution in [1.82, 2.24) is 30.1 Å². The zero-order chi connectivity index (χ0) is 14.8. The molecule has 2 heterocycles. The molecule has 0 unspecified atom stereocenters. The van der Waals surface area contributed by atoms with Gasteiger partial charge >= 0.3 is 0 Å². The molecule has 0 amide bonds. The molecular weight excluding hydrogens is 268 g/mol. The summed E-state index contributed by atoms with van der Waals surface area (Å²) in [4.78, 5) is 12.2. The number of aryl methyl sites for hydroxylation is 1. The Morgan fingerprint density at radius 2 is 2.10 bits per heavy atom. The first-order chi connectivity index (χ1) is 10.1. The average molecular weight is 290 g/mol. The molecule has 1 aliphatic carbocycles. The van der Waals surface area contributed by atoms with Crippen LogP contribution in [0.15, 0.2) is 11.0 Å². The lowest BCUT2D eigenvalue weighted by molar-refractivity contribution is 0.303. The van der Waals surface area contributed by atoms with Crippen LogP contribution in [0.1, 0.15) is 32.6 Å². The summed E-state index contributed by atoms with van der Waals surface area (Å²) in [6, 6.07) is 0.576. The Labute approximate surface area is 123 Å². The fraction of sp³-hybridized carbons (Fsp3) is 0.714. The molecule has 0 spiro atoms. The quantitative estimate of drug-likeness (QED) is 0.896. The topological polar surface area (TPSA) is 77.6 Å². The molecule has 7 nitrogen and oxygen atoms in total. The van der Waals surface area contributed by atoms with Crippen molar-refractivity contribution in [3.63, 3.8) is 0 Å². The van der Waals surface area contributed by atoms with E-state index >= 15 is 0 Å². The predicted molar refractivity (Wildman–Crippen MR) is 80.0 cm³/mol. The summed E-state index contributed by atoms with van der Waals surface area (Å²) >= 11 is 0. The molecule has 1 N–H and O–H groups in total. The van der Waals surface area contributed by atoms with E-state index in [1.807, 2.05) is 0 Å². The first-order valence-electron chi connectivity index (χ1n) is 7.64. The van der Waals surface area contributed by atoms with Gasteiger partial charge in [0.1, 0.15) is 5.39 Å². The van der Waals surface area contributed by atoms with Crippen LogP contribution in [0.4, 0.5) is 0 Å². The second kappa shape index (κ2) is 5.93. The number of hydrogen-bond acceptors (Lipinski definition) is 5. The van der Waals surface area contributed by atoms with Gasteiger partial charge in [0.15, 0.2) is 5.65 Å². The van der Waals surface area contributed by atoms with Crippen LogP contribution in [0.25, 0.3) is 11.0 Å². The van der Waals surface area contributed by atoms with Crippen molar-refractivity contribution in [3.05, 3.63) is 16.6 Å². The molecule has 0 radical (unpaired) electrons. The van der Waals surface area contributed by atoms with E-state index < -0.39 is 0 Å². The zero-order valence-electron chi connectivity index (χ0n) is 12.6. The summed E-state index contributed by atoms with van der Waals surface area (Å²) in [5, 5.41) is 16.1. The van der Waals surface area contributed by atoms with Crippen LogP contribution in [0.2, 0.25) is 0 Å². The fourth-order valence-electron chi connectivity index (χ4n) is 2.96. The summed E-state index contributed by atoms with van der Waals surface area (Å²) < 4.78 is 2.98. The van der Waals surface area contributed by atoms with Gasteiger partial charge < -0.3 is 5.32 Å². The third-order valence-electron chi connectivity index (χ3n) is 4.39. The largest absolute Gasteiger partial charge is 0.312 e. The molecule has 0 aliphatic heterocycles. The van der Waals surface area contributed by atoms with Crippen LogP contribution in [0.3, 0.4) is 0 Å². The van der Waals surface area contributed by atoms with Gasteiger partial charge in [-0.2, -0.15) is 5.10 Å². The number of hydrogen-bond donors (Lipinski definition) is 1. The summed E-state index contributed by atoms with van der Waals surface area (Å²) in [5.41, 5.74) is 0.414. The van der Waals surface area contributed by atoms with Gasteiger partial charge in [-0.1, -0.05) is 12.1 Å². The van der Waals surface area contributed by atoms with Gasteiger partial charge in [-0.05, 0) is 31.6 Å². The maximum Gasteiger partial charge on any atom is 0.280 e. The van der Waals surface area contributed by atoms with E-state index in [1.54, 1.807) is 17.9 Å². The number of nitrogens with zero attached hydrogens (tertiary/aromatic N) is 5. The van der Waals surface area contributed by atoms with Crippen LogP contribution >= 0.6 is 0 Å². The molecule has 7 heteroatoms. The SMILES string of the molecule is CC1CCC(NCCn2nnc3c(cnn3C)c2=O)CC1. The summed E-state index contributed by atoms with van der Waals surface area (Å²) in [5.74, 6) is 0.851. The van der Waals surface area contributed by atoms with Crippen LogP contribution < -0.4 is 10.9 Å². The van der Waals surface area contributed by atoms with E-state index in [2.05, 4.69) is 27.7 Å². The number of nitrogens with one attached hydrogen (secondary N) is 1. The molecule has 0 saturated heterocycles. The van der Waals surface area contributed by atoms with Gasteiger partial charge in [-0.25, -0.2) is 9.36 Å². The standard InChI is InChI=1S/C14H22N6O/c1-10-3-5-11(6-4-10)15-7-8-20-14(21)12-9-16-19(2)13(12)17-18-20/h9-11,15H,3-8H2,1-2H3. The van der Waals surface area contributed by atoms with E-state index in [9.17, 15) is 4.79 Å². The molecule has 0 aromatic carbocycles. The molecule has 21 heavy (non-hydrogen) atoms. The Bertz CT molecular complexity index is 668. The van der Waals surface area contributed by atoms with Crippen molar-refractivity contribution < 1.29 is 0 Å². The molecule has 1 fully saturated rings. The maximum absolute atomic E-state index is 12.2. The monoisotopic (exact) mass is 290 g/mol. The van der Waals surface area contributed by atoms with E-state index in [-0.39, 0.29) is 5.56 Å². The molecule has 1 saturated carbocycles. The van der Waals surface area contributed by atoms with Crippen molar-refractivity contribution in [3.8, 4) is 0 Å². The highest BCUT2D eigenvalue weighted by molar-refractivity contribution is 5.72. The Hall–Kier alpha value is -1.76. The van der Waals surface area contributed by atoms with E-state index in [0.717, 1.165) is 12.5 Å². The van der Waals surface area contributed by atoms with Crippen molar-refractivity contribution >= 4 is 11.0 Å². The molecule has 1 aliphatic rings. The van der Waals surface area contributed by atoms with Gasteiger partial charge in [0, 0.05) is 19.6 Å². The summed E-state index contributed by atoms with van der Waals surface area (Å²) in [6.45, 7) is 3.61. The smallest absolute Gasteiger partial charge is 0.280 e. The molecule has 0 bridgehead atoms. The van der Waals surface area contributed by atoms with Gasteiger partial charge in [0.2, 0.25) is 0 Å². The van der Waals surface area contributed by atoms with Gasteiger partial charge in [-0.15, -0.1) is 5.10 Å². The van der Waals surface area contributed by atoms with Crippen LogP contribution in [0.5, 0.6) is 0 Å². The fourth-order valence-corrected chi connectivity index (χ4v) is 2.96. The normalized spacial score (nSPS) is 22.8. The molecule has 2 aromatic heterocycles. The first-order valence-corrected chi connectivity index (χ1v) is 7.64. The highest BCUT2D eigenvalue weighted by Gasteiger charge is 2.17. The van der Waals surface area contributed by atoms with E-state index in [1.165, 1.54) is 30.4 Å². The summed E-state index contributed by atoms with van der Waals surface area (Å²) in [7, 11) is 1.76. The van der Waals surface area contributed by atoms with Crippen molar-refractivity contribution in [2.24, 2.45) is 13.0 Å². The van der Waals surface area contributed by atoms with Crippen molar-refractivity contribution in [2.45, 2.75) is 45.2 Å². The zero-order valence-corrected chi connectivity index (χ0v) is 12.6. The molecular formula is C14H22N6O. The lowest BCUT2D eigenvalue weighted by Crippen LogP contribution is -2.37. The van der Waals surface area contributed by atoms with Gasteiger partial charge in [0.05, 0.1) is 12.7 Å². The lowest BCUT2D eigenvalue weighted by atomic mass is 9.87. The van der Waals surface area contributed by atoms with Crippen LogP contribution in [0, 0.1) is 5.92 Å². The number of fused-ring (bicyclic) bond motifs is 1. The Kier molecular flexibility index (Phi) is 4.01. The Morgan fingerprint density at radius 3 is 2.86 bits per heavy atom. The minimum atomic E-state index is -0.118. The lowest BCUT2D eigenvalue weighted by Gasteiger charge is -2.26. The van der Waals surface area contributed by atoms with Gasteiger partial charge in [0.25, 0.3) is 5.56 Å². The van der Waals surface area contributed by atoms with Crippen LogP contribution in [-0.2, 0) is 13.6 Å². The second-order valence-corrected chi connectivity index (χ2v) is 6.03. The highest BCUT2D eigenvalue weighted by Crippen LogP contribution is 2.23. The number of rotatable bonds is 4. The average Bonchev–Trinajstić information content (AvgIpc) is 2.86. The molecule has 3 rings (SSSR count). The van der Waals surface area contributed by atoms with Crippen molar-refractivity contribution in [1.29, 1.82) is 0 Å². The van der Waals surface area contributed by atoms with Crippen LogP contribution in [-0.4, -0.2) is 37.4 Å². The third-order valence-corrected chi connectivity index (χ3v) is 4.39.